The largest absolute Gasteiger partial charge is 0.0891 e. The maximum absolute atomic E-state index is 6.81. The van der Waals surface area contributed by atoms with Crippen molar-refractivity contribution in [2.24, 2.45) is 0 Å². The van der Waals surface area contributed by atoms with Crippen molar-refractivity contribution in [3.05, 3.63) is 41.3 Å². The predicted octanol–water partition coefficient (Wildman–Crippen LogP) is 3.22. The molecule has 0 spiro atoms. The Morgan fingerprint density at radius 1 is 1.31 bits per heavy atom. The van der Waals surface area contributed by atoms with Crippen molar-refractivity contribution in [2.75, 3.05) is 0 Å². The van der Waals surface area contributed by atoms with Gasteiger partial charge in [-0.15, -0.1) is 0 Å². The summed E-state index contributed by atoms with van der Waals surface area (Å²) in [6.07, 6.45) is 9.69. The van der Waals surface area contributed by atoms with Crippen LogP contribution in [0.2, 0.25) is 0 Å². The Balaban J connectivity index is 2.67. The molecule has 0 heteroatoms. The standard InChI is InChI=1S/C13H15/c1-4-5-6-9-13-10-7-8-11(2)12(13)3/h7-8,10H,5-6,9H2,2-3H3. The van der Waals surface area contributed by atoms with Gasteiger partial charge >= 0.3 is 0 Å². The van der Waals surface area contributed by atoms with E-state index >= 15 is 0 Å². The predicted molar refractivity (Wildman–Crippen MR) is 56.0 cm³/mol. The van der Waals surface area contributed by atoms with Gasteiger partial charge in [0.1, 0.15) is 0 Å². The Kier molecular flexibility index (Phi) is 3.58. The van der Waals surface area contributed by atoms with E-state index in [1.54, 1.807) is 0 Å². The molecule has 1 radical (unpaired) electrons. The van der Waals surface area contributed by atoms with Gasteiger partial charge < -0.3 is 0 Å². The molecular weight excluding hydrogens is 156 g/mol. The van der Waals surface area contributed by atoms with Crippen LogP contribution in [0.4, 0.5) is 0 Å². The molecule has 67 valence electrons. The van der Waals surface area contributed by atoms with Crippen molar-refractivity contribution in [1.29, 1.82) is 0 Å². The first-order valence-electron chi connectivity index (χ1n) is 4.70. The van der Waals surface area contributed by atoms with Gasteiger partial charge in [0.25, 0.3) is 0 Å². The number of hydrogen-bond acceptors (Lipinski definition) is 0. The molecule has 0 aliphatic heterocycles. The number of aryl methyl sites for hydroxylation is 2. The number of hydrogen-bond donors (Lipinski definition) is 0. The lowest BCUT2D eigenvalue weighted by molar-refractivity contribution is 0.850. The van der Waals surface area contributed by atoms with Crippen molar-refractivity contribution in [1.82, 2.24) is 0 Å². The first kappa shape index (κ1) is 9.86. The fourth-order valence-electron chi connectivity index (χ4n) is 1.45. The maximum atomic E-state index is 6.81. The van der Waals surface area contributed by atoms with E-state index in [2.05, 4.69) is 38.0 Å². The summed E-state index contributed by atoms with van der Waals surface area (Å²) in [6.45, 7) is 4.31. The van der Waals surface area contributed by atoms with Gasteiger partial charge in [-0.3, -0.25) is 0 Å². The zero-order chi connectivity index (χ0) is 9.68. The summed E-state index contributed by atoms with van der Waals surface area (Å²) in [7, 11) is 0. The zero-order valence-electron chi connectivity index (χ0n) is 8.35. The fraction of sp³-hybridized carbons (Fsp3) is 0.385. The van der Waals surface area contributed by atoms with Crippen molar-refractivity contribution in [3.8, 4) is 5.92 Å². The van der Waals surface area contributed by atoms with Crippen LogP contribution >= 0.6 is 0 Å². The highest BCUT2D eigenvalue weighted by atomic mass is 14.0. The van der Waals surface area contributed by atoms with Crippen molar-refractivity contribution >= 4 is 0 Å². The highest BCUT2D eigenvalue weighted by molar-refractivity contribution is 5.33. The lowest BCUT2D eigenvalue weighted by atomic mass is 9.99. The molecule has 0 N–H and O–H groups in total. The lowest BCUT2D eigenvalue weighted by Gasteiger charge is -2.06. The van der Waals surface area contributed by atoms with Crippen molar-refractivity contribution < 1.29 is 0 Å². The highest BCUT2D eigenvalue weighted by Gasteiger charge is 1.99. The molecule has 0 aliphatic carbocycles. The minimum absolute atomic E-state index is 0.771. The average molecular weight is 171 g/mol. The Morgan fingerprint density at radius 3 is 2.77 bits per heavy atom. The topological polar surface area (TPSA) is 0 Å². The van der Waals surface area contributed by atoms with Crippen LogP contribution in [-0.4, -0.2) is 0 Å². The monoisotopic (exact) mass is 171 g/mol. The second kappa shape index (κ2) is 4.72. The summed E-state index contributed by atoms with van der Waals surface area (Å²) in [4.78, 5) is 0. The zero-order valence-corrected chi connectivity index (χ0v) is 8.35. The van der Waals surface area contributed by atoms with E-state index in [1.165, 1.54) is 16.7 Å². The molecule has 1 aromatic rings. The van der Waals surface area contributed by atoms with E-state index in [0.717, 1.165) is 19.3 Å². The quantitative estimate of drug-likeness (QED) is 0.484. The number of benzene rings is 1. The minimum atomic E-state index is 0.771. The summed E-state index contributed by atoms with van der Waals surface area (Å²) in [5.74, 6) is 2.42. The van der Waals surface area contributed by atoms with Crippen LogP contribution < -0.4 is 0 Å². The van der Waals surface area contributed by atoms with E-state index in [1.807, 2.05) is 0 Å². The van der Waals surface area contributed by atoms with Gasteiger partial charge in [0.05, 0.1) is 0 Å². The van der Waals surface area contributed by atoms with E-state index < -0.39 is 0 Å². The third kappa shape index (κ3) is 2.63. The number of unbranched alkanes of at least 4 members (excludes halogenated alkanes) is 1. The van der Waals surface area contributed by atoms with Crippen LogP contribution in [-0.2, 0) is 6.42 Å². The maximum Gasteiger partial charge on any atom is 0.0102 e. The average Bonchev–Trinajstić information content (AvgIpc) is 2.13. The summed E-state index contributed by atoms with van der Waals surface area (Å²) in [6, 6.07) is 6.42. The molecule has 0 aromatic heterocycles. The van der Waals surface area contributed by atoms with Gasteiger partial charge in [0.2, 0.25) is 0 Å². The molecule has 0 atom stereocenters. The molecular formula is C13H15. The fourth-order valence-corrected chi connectivity index (χ4v) is 1.45. The molecule has 0 saturated carbocycles. The third-order valence-corrected chi connectivity index (χ3v) is 2.46. The molecule has 0 unspecified atom stereocenters. The minimum Gasteiger partial charge on any atom is -0.0891 e. The van der Waals surface area contributed by atoms with Crippen LogP contribution in [0.15, 0.2) is 18.2 Å². The molecule has 0 amide bonds. The number of rotatable bonds is 3. The molecule has 0 bridgehead atoms. The lowest BCUT2D eigenvalue weighted by Crippen LogP contribution is -1.91. The van der Waals surface area contributed by atoms with Gasteiger partial charge in [0, 0.05) is 6.42 Å². The van der Waals surface area contributed by atoms with Gasteiger partial charge in [0.15, 0.2) is 0 Å². The molecule has 0 fully saturated rings. The summed E-state index contributed by atoms with van der Waals surface area (Å²) < 4.78 is 0. The van der Waals surface area contributed by atoms with Crippen molar-refractivity contribution in [3.63, 3.8) is 0 Å². The van der Waals surface area contributed by atoms with Crippen LogP contribution in [0, 0.1) is 26.2 Å². The first-order chi connectivity index (χ1) is 6.25. The summed E-state index contributed by atoms with van der Waals surface area (Å²) in [5, 5.41) is 0. The molecule has 0 aliphatic rings. The molecule has 13 heavy (non-hydrogen) atoms. The Morgan fingerprint density at radius 2 is 2.08 bits per heavy atom. The Hall–Kier alpha value is -1.22. The Labute approximate surface area is 81.0 Å². The molecule has 0 nitrogen and oxygen atoms in total. The second-order valence-corrected chi connectivity index (χ2v) is 3.39. The van der Waals surface area contributed by atoms with Crippen LogP contribution in [0.5, 0.6) is 0 Å². The molecule has 0 saturated heterocycles. The molecule has 1 aromatic carbocycles. The van der Waals surface area contributed by atoms with Crippen molar-refractivity contribution in [2.45, 2.75) is 33.1 Å². The SMILES string of the molecule is [C]#CCCCc1cccc(C)c1C. The first-order valence-corrected chi connectivity index (χ1v) is 4.70. The summed E-state index contributed by atoms with van der Waals surface area (Å²) in [5.41, 5.74) is 4.17. The van der Waals surface area contributed by atoms with Gasteiger partial charge in [-0.2, -0.15) is 0 Å². The van der Waals surface area contributed by atoms with E-state index in [9.17, 15) is 0 Å². The molecule has 0 heterocycles. The van der Waals surface area contributed by atoms with E-state index in [4.69, 9.17) is 6.42 Å². The van der Waals surface area contributed by atoms with Gasteiger partial charge in [-0.05, 0) is 49.8 Å². The van der Waals surface area contributed by atoms with Gasteiger partial charge in [-0.25, -0.2) is 0 Å². The van der Waals surface area contributed by atoms with E-state index in [0.29, 0.717) is 0 Å². The van der Waals surface area contributed by atoms with E-state index in [-0.39, 0.29) is 0 Å². The summed E-state index contributed by atoms with van der Waals surface area (Å²) >= 11 is 0. The third-order valence-electron chi connectivity index (χ3n) is 2.46. The Bertz CT molecular complexity index is 315. The van der Waals surface area contributed by atoms with Crippen LogP contribution in [0.1, 0.15) is 29.5 Å². The van der Waals surface area contributed by atoms with Crippen LogP contribution in [0.3, 0.4) is 0 Å². The second-order valence-electron chi connectivity index (χ2n) is 3.39. The normalized spacial score (nSPS) is 9.62. The smallest absolute Gasteiger partial charge is 0.0102 e. The van der Waals surface area contributed by atoms with Crippen LogP contribution in [0.25, 0.3) is 0 Å². The molecule has 1 rings (SSSR count). The highest BCUT2D eigenvalue weighted by Crippen LogP contribution is 2.14. The van der Waals surface area contributed by atoms with Gasteiger partial charge in [-0.1, -0.05) is 24.1 Å².